The summed E-state index contributed by atoms with van der Waals surface area (Å²) in [6, 6.07) is 4.61. The molecule has 0 amide bonds. The van der Waals surface area contributed by atoms with E-state index in [0.29, 0.717) is 0 Å². The van der Waals surface area contributed by atoms with Gasteiger partial charge in [0.1, 0.15) is 5.69 Å². The van der Waals surface area contributed by atoms with Gasteiger partial charge in [-0.2, -0.15) is 22.5 Å². The molecule has 0 bridgehead atoms. The summed E-state index contributed by atoms with van der Waals surface area (Å²) >= 11 is 7.77. The van der Waals surface area contributed by atoms with Crippen molar-refractivity contribution in [1.29, 1.82) is 0 Å². The lowest BCUT2D eigenvalue weighted by atomic mass is 10.3. The summed E-state index contributed by atoms with van der Waals surface area (Å²) < 4.78 is 53.4. The van der Waals surface area contributed by atoms with Crippen molar-refractivity contribution < 1.29 is 17.6 Å². The van der Waals surface area contributed by atoms with Crippen LogP contribution in [0.3, 0.4) is 0 Å². The third-order valence-electron chi connectivity index (χ3n) is 2.19. The maximum atomic E-state index is 13.4. The number of benzene rings is 1. The van der Waals surface area contributed by atoms with E-state index in [-0.39, 0.29) is 10.7 Å². The number of aromatic nitrogens is 1. The summed E-state index contributed by atoms with van der Waals surface area (Å²) in [4.78, 5) is 2.46. The highest BCUT2D eigenvalue weighted by Gasteiger charge is 2.21. The molecule has 0 fully saturated rings. The van der Waals surface area contributed by atoms with E-state index < -0.39 is 29.2 Å². The number of nitrogens with one attached hydrogen (secondary N) is 1. The van der Waals surface area contributed by atoms with E-state index in [0.717, 1.165) is 3.57 Å². The number of halogens is 6. The van der Waals surface area contributed by atoms with E-state index in [2.05, 4.69) is 10.3 Å². The lowest BCUT2D eigenvalue weighted by Crippen LogP contribution is -2.06. The minimum atomic E-state index is -1.73. The molecule has 0 aliphatic heterocycles. The summed E-state index contributed by atoms with van der Waals surface area (Å²) in [5, 5.41) is 2.37. The Morgan fingerprint density at radius 2 is 1.63 bits per heavy atom. The molecule has 0 saturated carbocycles. The van der Waals surface area contributed by atoms with Crippen LogP contribution in [0.5, 0.6) is 0 Å². The van der Waals surface area contributed by atoms with Crippen LogP contribution in [0.15, 0.2) is 18.2 Å². The molecule has 0 spiro atoms. The third-order valence-corrected chi connectivity index (χ3v) is 3.19. The van der Waals surface area contributed by atoms with Crippen molar-refractivity contribution in [2.75, 3.05) is 5.32 Å². The summed E-state index contributed by atoms with van der Waals surface area (Å²) in [6.45, 7) is 0. The molecule has 1 aromatic carbocycles. The Morgan fingerprint density at radius 3 is 2.21 bits per heavy atom. The standard InChI is InChI=1S/C11H4ClF4IN2/c12-5-2-1-4(17)3-6(5)18-9-7(13)10(15)19-11(16)8(9)14/h1-3H,(H,18,19). The zero-order valence-corrected chi connectivity index (χ0v) is 11.9. The highest BCUT2D eigenvalue weighted by Crippen LogP contribution is 2.30. The lowest BCUT2D eigenvalue weighted by Gasteiger charge is -2.11. The molecule has 8 heteroatoms. The third kappa shape index (κ3) is 2.92. The molecule has 19 heavy (non-hydrogen) atoms. The maximum Gasteiger partial charge on any atom is 0.253 e. The zero-order chi connectivity index (χ0) is 14.2. The smallest absolute Gasteiger partial charge is 0.253 e. The van der Waals surface area contributed by atoms with Gasteiger partial charge in [0.2, 0.25) is 11.6 Å². The molecule has 0 atom stereocenters. The summed E-state index contributed by atoms with van der Waals surface area (Å²) in [5.74, 6) is -6.70. The number of pyridine rings is 1. The van der Waals surface area contributed by atoms with Gasteiger partial charge in [0.25, 0.3) is 11.9 Å². The second-order valence-electron chi connectivity index (χ2n) is 3.45. The molecule has 0 radical (unpaired) electrons. The molecule has 2 aromatic rings. The van der Waals surface area contributed by atoms with E-state index in [1.807, 2.05) is 22.6 Å². The van der Waals surface area contributed by atoms with Crippen molar-refractivity contribution in [2.45, 2.75) is 0 Å². The summed E-state index contributed by atoms with van der Waals surface area (Å²) in [6.07, 6.45) is 0. The fourth-order valence-corrected chi connectivity index (χ4v) is 1.98. The van der Waals surface area contributed by atoms with E-state index in [4.69, 9.17) is 11.6 Å². The van der Waals surface area contributed by atoms with Gasteiger partial charge in [-0.25, -0.2) is 0 Å². The number of hydrogen-bond acceptors (Lipinski definition) is 2. The fourth-order valence-electron chi connectivity index (χ4n) is 1.32. The van der Waals surface area contributed by atoms with E-state index in [1.165, 1.54) is 12.1 Å². The molecule has 0 aliphatic rings. The van der Waals surface area contributed by atoms with Crippen LogP contribution in [0.2, 0.25) is 5.02 Å². The normalized spacial score (nSPS) is 10.6. The second-order valence-corrected chi connectivity index (χ2v) is 5.10. The molecule has 100 valence electrons. The van der Waals surface area contributed by atoms with Gasteiger partial charge in [0, 0.05) is 3.57 Å². The monoisotopic (exact) mass is 402 g/mol. The number of anilines is 2. The SMILES string of the molecule is Fc1nc(F)c(F)c(Nc2cc(I)ccc2Cl)c1F. The Bertz CT molecular complexity index is 625. The van der Waals surface area contributed by atoms with Gasteiger partial charge >= 0.3 is 0 Å². The van der Waals surface area contributed by atoms with E-state index in [1.54, 1.807) is 6.07 Å². The van der Waals surface area contributed by atoms with Gasteiger partial charge in [-0.1, -0.05) is 11.6 Å². The van der Waals surface area contributed by atoms with Crippen molar-refractivity contribution in [2.24, 2.45) is 0 Å². The van der Waals surface area contributed by atoms with Crippen LogP contribution in [-0.2, 0) is 0 Å². The Morgan fingerprint density at radius 1 is 1.05 bits per heavy atom. The van der Waals surface area contributed by atoms with Crippen LogP contribution in [0.25, 0.3) is 0 Å². The Kier molecular flexibility index (Phi) is 4.14. The van der Waals surface area contributed by atoms with Crippen molar-refractivity contribution in [3.05, 3.63) is 50.3 Å². The second kappa shape index (κ2) is 5.49. The van der Waals surface area contributed by atoms with Crippen LogP contribution in [0.4, 0.5) is 28.9 Å². The van der Waals surface area contributed by atoms with Gasteiger partial charge in [0.05, 0.1) is 10.7 Å². The van der Waals surface area contributed by atoms with E-state index >= 15 is 0 Å². The molecule has 1 heterocycles. The summed E-state index contributed by atoms with van der Waals surface area (Å²) in [7, 11) is 0. The van der Waals surface area contributed by atoms with Crippen LogP contribution < -0.4 is 5.32 Å². The summed E-state index contributed by atoms with van der Waals surface area (Å²) in [5.41, 5.74) is -0.856. The first-order chi connectivity index (χ1) is 8.90. The first kappa shape index (κ1) is 14.3. The molecule has 0 aliphatic carbocycles. The molecule has 0 saturated heterocycles. The Hall–Kier alpha value is -1.09. The minimum Gasteiger partial charge on any atom is -0.349 e. The molecule has 2 rings (SSSR count). The van der Waals surface area contributed by atoms with E-state index in [9.17, 15) is 17.6 Å². The Labute approximate surface area is 123 Å². The highest BCUT2D eigenvalue weighted by atomic mass is 127. The number of hydrogen-bond donors (Lipinski definition) is 1. The number of nitrogens with zero attached hydrogens (tertiary/aromatic N) is 1. The highest BCUT2D eigenvalue weighted by molar-refractivity contribution is 14.1. The molecular formula is C11H4ClF4IN2. The zero-order valence-electron chi connectivity index (χ0n) is 8.95. The van der Waals surface area contributed by atoms with Gasteiger partial charge < -0.3 is 5.32 Å². The van der Waals surface area contributed by atoms with Gasteiger partial charge in [-0.05, 0) is 40.8 Å². The Balaban J connectivity index is 2.52. The van der Waals surface area contributed by atoms with Gasteiger partial charge in [-0.3, -0.25) is 0 Å². The largest absolute Gasteiger partial charge is 0.349 e. The lowest BCUT2D eigenvalue weighted by molar-refractivity contribution is 0.411. The first-order valence-corrected chi connectivity index (χ1v) is 6.28. The van der Waals surface area contributed by atoms with Crippen LogP contribution >= 0.6 is 34.2 Å². The predicted molar refractivity (Wildman–Crippen MR) is 71.5 cm³/mol. The molecule has 0 unspecified atom stereocenters. The van der Waals surface area contributed by atoms with Crippen molar-refractivity contribution >= 4 is 45.6 Å². The van der Waals surface area contributed by atoms with Gasteiger partial charge in [-0.15, -0.1) is 0 Å². The number of rotatable bonds is 2. The van der Waals surface area contributed by atoms with Crippen molar-refractivity contribution in [1.82, 2.24) is 4.98 Å². The predicted octanol–water partition coefficient (Wildman–Crippen LogP) is 4.64. The van der Waals surface area contributed by atoms with Crippen LogP contribution in [-0.4, -0.2) is 4.98 Å². The van der Waals surface area contributed by atoms with Crippen LogP contribution in [0.1, 0.15) is 0 Å². The van der Waals surface area contributed by atoms with Crippen molar-refractivity contribution in [3.63, 3.8) is 0 Å². The molecule has 1 aromatic heterocycles. The maximum absolute atomic E-state index is 13.4. The molecular weight excluding hydrogens is 398 g/mol. The van der Waals surface area contributed by atoms with Crippen LogP contribution in [0, 0.1) is 27.1 Å². The molecule has 1 N–H and O–H groups in total. The quantitative estimate of drug-likeness (QED) is 0.450. The average Bonchev–Trinajstić information content (AvgIpc) is 2.36. The minimum absolute atomic E-state index is 0.122. The topological polar surface area (TPSA) is 24.9 Å². The fraction of sp³-hybridized carbons (Fsp3) is 0. The average molecular weight is 403 g/mol. The first-order valence-electron chi connectivity index (χ1n) is 4.82. The molecule has 2 nitrogen and oxygen atoms in total. The van der Waals surface area contributed by atoms with Crippen molar-refractivity contribution in [3.8, 4) is 0 Å². The van der Waals surface area contributed by atoms with Gasteiger partial charge in [0.15, 0.2) is 0 Å².